The Bertz CT molecular complexity index is 441. The van der Waals surface area contributed by atoms with Gasteiger partial charge in [0.2, 0.25) is 0 Å². The second-order valence-electron chi connectivity index (χ2n) is 5.20. The third kappa shape index (κ3) is 3.35. The molecule has 1 unspecified atom stereocenters. The van der Waals surface area contributed by atoms with Crippen molar-refractivity contribution in [3.05, 3.63) is 35.4 Å². The molecule has 0 spiro atoms. The number of aryl methyl sites for hydroxylation is 1. The van der Waals surface area contributed by atoms with Crippen molar-refractivity contribution in [3.63, 3.8) is 0 Å². The molecule has 0 aliphatic heterocycles. The average molecular weight is 262 g/mol. The number of benzene rings is 1. The second-order valence-corrected chi connectivity index (χ2v) is 5.20. The van der Waals surface area contributed by atoms with E-state index in [9.17, 15) is 9.90 Å². The Morgan fingerprint density at radius 2 is 2.16 bits per heavy atom. The molecule has 0 radical (unpaired) electrons. The lowest BCUT2D eigenvalue weighted by atomic mass is 9.84. The van der Waals surface area contributed by atoms with Gasteiger partial charge in [-0.2, -0.15) is 0 Å². The number of aliphatic hydroxyl groups is 1. The highest BCUT2D eigenvalue weighted by Crippen LogP contribution is 2.37. The van der Waals surface area contributed by atoms with Gasteiger partial charge in [-0.15, -0.1) is 0 Å². The topological polar surface area (TPSA) is 46.5 Å². The summed E-state index contributed by atoms with van der Waals surface area (Å²) in [4.78, 5) is 11.5. The molecule has 0 fully saturated rings. The van der Waals surface area contributed by atoms with E-state index in [1.54, 1.807) is 6.92 Å². The van der Waals surface area contributed by atoms with Crippen LogP contribution in [-0.4, -0.2) is 17.7 Å². The molecule has 3 heteroatoms. The molecule has 1 aliphatic carbocycles. The van der Waals surface area contributed by atoms with E-state index in [2.05, 4.69) is 6.07 Å². The summed E-state index contributed by atoms with van der Waals surface area (Å²) in [6.45, 7) is 2.20. The fraction of sp³-hybridized carbons (Fsp3) is 0.562. The fourth-order valence-corrected chi connectivity index (χ4v) is 2.86. The molecule has 1 aromatic rings. The maximum Gasteiger partial charge on any atom is 0.305 e. The van der Waals surface area contributed by atoms with Crippen LogP contribution in [0.2, 0.25) is 0 Å². The molecule has 2 rings (SSSR count). The third-order valence-electron chi connectivity index (χ3n) is 3.85. The Morgan fingerprint density at radius 1 is 1.37 bits per heavy atom. The van der Waals surface area contributed by atoms with Gasteiger partial charge < -0.3 is 9.84 Å². The number of hydrogen-bond acceptors (Lipinski definition) is 3. The largest absolute Gasteiger partial charge is 0.466 e. The van der Waals surface area contributed by atoms with Crippen molar-refractivity contribution in [2.75, 3.05) is 6.61 Å². The van der Waals surface area contributed by atoms with Gasteiger partial charge in [0.15, 0.2) is 0 Å². The number of fused-ring (bicyclic) bond motifs is 1. The Labute approximate surface area is 114 Å². The van der Waals surface area contributed by atoms with Crippen LogP contribution in [0, 0.1) is 0 Å². The van der Waals surface area contributed by atoms with E-state index in [0.717, 1.165) is 31.2 Å². The van der Waals surface area contributed by atoms with Gasteiger partial charge in [0.1, 0.15) is 0 Å². The van der Waals surface area contributed by atoms with Crippen LogP contribution in [0.25, 0.3) is 0 Å². The molecule has 19 heavy (non-hydrogen) atoms. The summed E-state index contributed by atoms with van der Waals surface area (Å²) in [7, 11) is 0. The minimum Gasteiger partial charge on any atom is -0.466 e. The first-order valence-corrected chi connectivity index (χ1v) is 7.12. The van der Waals surface area contributed by atoms with Crippen molar-refractivity contribution in [1.29, 1.82) is 0 Å². The maximum atomic E-state index is 11.5. The standard InChI is InChI=1S/C16H22O3/c1-2-19-15(17)10-12-16(18)11-6-5-8-13-7-3-4-9-14(13)16/h3-4,7,9,18H,2,5-6,8,10-12H2,1H3. The highest BCUT2D eigenvalue weighted by Gasteiger charge is 2.33. The maximum absolute atomic E-state index is 11.5. The number of ether oxygens (including phenoxy) is 1. The zero-order valence-corrected chi connectivity index (χ0v) is 11.5. The first kappa shape index (κ1) is 14.1. The van der Waals surface area contributed by atoms with Crippen LogP contribution in [0.4, 0.5) is 0 Å². The van der Waals surface area contributed by atoms with Gasteiger partial charge in [-0.05, 0) is 50.2 Å². The quantitative estimate of drug-likeness (QED) is 0.670. The lowest BCUT2D eigenvalue weighted by Gasteiger charge is -2.28. The van der Waals surface area contributed by atoms with Crippen molar-refractivity contribution >= 4 is 5.97 Å². The van der Waals surface area contributed by atoms with Crippen molar-refractivity contribution in [1.82, 2.24) is 0 Å². The molecular weight excluding hydrogens is 240 g/mol. The summed E-state index contributed by atoms with van der Waals surface area (Å²) in [5.74, 6) is -0.224. The Morgan fingerprint density at radius 3 is 2.95 bits per heavy atom. The SMILES string of the molecule is CCOC(=O)CCC1(O)CCCCc2ccccc21. The van der Waals surface area contributed by atoms with Gasteiger partial charge in [-0.1, -0.05) is 24.3 Å². The molecule has 0 aromatic heterocycles. The summed E-state index contributed by atoms with van der Waals surface area (Å²) >= 11 is 0. The van der Waals surface area contributed by atoms with E-state index in [-0.39, 0.29) is 12.4 Å². The number of rotatable bonds is 4. The van der Waals surface area contributed by atoms with Crippen molar-refractivity contribution in [2.24, 2.45) is 0 Å². The molecule has 0 bridgehead atoms. The summed E-state index contributed by atoms with van der Waals surface area (Å²) < 4.78 is 4.95. The monoisotopic (exact) mass is 262 g/mol. The highest BCUT2D eigenvalue weighted by atomic mass is 16.5. The normalized spacial score (nSPS) is 22.4. The van der Waals surface area contributed by atoms with Crippen LogP contribution in [0.3, 0.4) is 0 Å². The molecule has 0 saturated carbocycles. The van der Waals surface area contributed by atoms with Crippen LogP contribution < -0.4 is 0 Å². The first-order chi connectivity index (χ1) is 9.15. The van der Waals surface area contributed by atoms with E-state index < -0.39 is 5.60 Å². The van der Waals surface area contributed by atoms with Gasteiger partial charge in [0, 0.05) is 6.42 Å². The summed E-state index contributed by atoms with van der Waals surface area (Å²) in [5, 5.41) is 10.9. The van der Waals surface area contributed by atoms with E-state index in [0.29, 0.717) is 13.0 Å². The van der Waals surface area contributed by atoms with E-state index in [1.807, 2.05) is 18.2 Å². The zero-order valence-electron chi connectivity index (χ0n) is 11.5. The highest BCUT2D eigenvalue weighted by molar-refractivity contribution is 5.69. The predicted octanol–water partition coefficient (Wildman–Crippen LogP) is 2.94. The minimum absolute atomic E-state index is 0.224. The molecule has 3 nitrogen and oxygen atoms in total. The minimum atomic E-state index is -0.875. The molecule has 1 aromatic carbocycles. The van der Waals surface area contributed by atoms with E-state index >= 15 is 0 Å². The molecule has 104 valence electrons. The van der Waals surface area contributed by atoms with Crippen LogP contribution in [0.15, 0.2) is 24.3 Å². The number of hydrogen-bond donors (Lipinski definition) is 1. The number of carbonyl (C=O) groups is 1. The van der Waals surface area contributed by atoms with Crippen LogP contribution >= 0.6 is 0 Å². The molecular formula is C16H22O3. The van der Waals surface area contributed by atoms with Gasteiger partial charge in [0.25, 0.3) is 0 Å². The molecule has 0 saturated heterocycles. The Kier molecular flexibility index (Phi) is 4.59. The second kappa shape index (κ2) is 6.20. The van der Waals surface area contributed by atoms with Crippen LogP contribution in [-0.2, 0) is 21.6 Å². The predicted molar refractivity (Wildman–Crippen MR) is 73.8 cm³/mol. The van der Waals surface area contributed by atoms with Gasteiger partial charge in [-0.25, -0.2) is 0 Å². The molecule has 0 amide bonds. The summed E-state index contributed by atoms with van der Waals surface area (Å²) in [5.41, 5.74) is 1.34. The van der Waals surface area contributed by atoms with E-state index in [1.165, 1.54) is 5.56 Å². The van der Waals surface area contributed by atoms with Gasteiger partial charge in [-0.3, -0.25) is 4.79 Å². The first-order valence-electron chi connectivity index (χ1n) is 7.12. The Hall–Kier alpha value is -1.35. The lowest BCUT2D eigenvalue weighted by molar-refractivity contribution is -0.144. The van der Waals surface area contributed by atoms with Crippen LogP contribution in [0.5, 0.6) is 0 Å². The smallest absolute Gasteiger partial charge is 0.305 e. The Balaban J connectivity index is 2.15. The van der Waals surface area contributed by atoms with Gasteiger partial charge in [0.05, 0.1) is 12.2 Å². The number of carbonyl (C=O) groups excluding carboxylic acids is 1. The molecule has 1 atom stereocenters. The van der Waals surface area contributed by atoms with Crippen molar-refractivity contribution < 1.29 is 14.6 Å². The number of esters is 1. The summed E-state index contributed by atoms with van der Waals surface area (Å²) in [6, 6.07) is 8.04. The molecule has 0 heterocycles. The third-order valence-corrected chi connectivity index (χ3v) is 3.85. The average Bonchev–Trinajstić information content (AvgIpc) is 2.58. The molecule has 1 aliphatic rings. The van der Waals surface area contributed by atoms with Crippen molar-refractivity contribution in [2.45, 2.75) is 51.0 Å². The van der Waals surface area contributed by atoms with Gasteiger partial charge >= 0.3 is 5.97 Å². The van der Waals surface area contributed by atoms with Crippen molar-refractivity contribution in [3.8, 4) is 0 Å². The molecule has 1 N–H and O–H groups in total. The zero-order chi connectivity index (χ0) is 13.7. The lowest BCUT2D eigenvalue weighted by Crippen LogP contribution is -2.27. The summed E-state index contributed by atoms with van der Waals surface area (Å²) in [6.07, 6.45) is 4.55. The fourth-order valence-electron chi connectivity index (χ4n) is 2.86. The van der Waals surface area contributed by atoms with E-state index in [4.69, 9.17) is 4.74 Å². The van der Waals surface area contributed by atoms with Crippen LogP contribution in [0.1, 0.15) is 50.2 Å².